The highest BCUT2D eigenvalue weighted by Gasteiger charge is 2.17. The molecule has 0 aliphatic rings. The van der Waals surface area contributed by atoms with Crippen LogP contribution in [0.15, 0.2) is 58.0 Å². The number of H-pyrrole nitrogens is 1. The summed E-state index contributed by atoms with van der Waals surface area (Å²) in [6.45, 7) is 4.01. The number of amides is 1. The highest BCUT2D eigenvalue weighted by Crippen LogP contribution is 2.18. The van der Waals surface area contributed by atoms with Crippen LogP contribution in [-0.4, -0.2) is 24.5 Å². The van der Waals surface area contributed by atoms with Crippen molar-refractivity contribution in [3.05, 3.63) is 65.9 Å². The molecule has 1 aromatic carbocycles. The molecule has 8 nitrogen and oxygen atoms in total. The normalized spacial score (nSPS) is 11.7. The van der Waals surface area contributed by atoms with Crippen LogP contribution in [-0.2, 0) is 16.6 Å². The lowest BCUT2D eigenvalue weighted by Gasteiger charge is -2.08. The Morgan fingerprint density at radius 1 is 1.22 bits per heavy atom. The topological polar surface area (TPSA) is 117 Å². The minimum atomic E-state index is -3.75. The Labute approximate surface area is 157 Å². The summed E-state index contributed by atoms with van der Waals surface area (Å²) in [4.78, 5) is 12.4. The van der Waals surface area contributed by atoms with Crippen molar-refractivity contribution in [1.82, 2.24) is 14.9 Å². The molecule has 0 bridgehead atoms. The largest absolute Gasteiger partial charge is 0.468 e. The van der Waals surface area contributed by atoms with Crippen molar-refractivity contribution in [3.63, 3.8) is 0 Å². The average molecular weight is 388 g/mol. The van der Waals surface area contributed by atoms with Crippen molar-refractivity contribution in [2.75, 3.05) is 5.32 Å². The third-order valence-electron chi connectivity index (χ3n) is 3.87. The van der Waals surface area contributed by atoms with Gasteiger partial charge in [0.1, 0.15) is 5.76 Å². The fraction of sp³-hybridized carbons (Fsp3) is 0.222. The number of rotatable bonds is 7. The lowest BCUT2D eigenvalue weighted by molar-refractivity contribution is 0.102. The molecule has 0 radical (unpaired) electrons. The Hall–Kier alpha value is -2.91. The van der Waals surface area contributed by atoms with Gasteiger partial charge in [0.2, 0.25) is 10.0 Å². The number of hydrogen-bond donors (Lipinski definition) is 3. The van der Waals surface area contributed by atoms with Gasteiger partial charge in [-0.2, -0.15) is 5.10 Å². The SMILES string of the molecule is CC(C)c1cc(C(=O)Nc2cccc(S(=O)(=O)NCc3ccco3)c2)n[nH]1. The van der Waals surface area contributed by atoms with Crippen LogP contribution in [0.2, 0.25) is 0 Å². The van der Waals surface area contributed by atoms with E-state index in [1.165, 1.54) is 18.4 Å². The van der Waals surface area contributed by atoms with E-state index in [9.17, 15) is 13.2 Å². The van der Waals surface area contributed by atoms with Crippen LogP contribution in [0.25, 0.3) is 0 Å². The van der Waals surface area contributed by atoms with Crippen molar-refractivity contribution in [1.29, 1.82) is 0 Å². The first-order valence-corrected chi connectivity index (χ1v) is 9.82. The van der Waals surface area contributed by atoms with Gasteiger partial charge < -0.3 is 9.73 Å². The highest BCUT2D eigenvalue weighted by molar-refractivity contribution is 7.89. The molecule has 2 aromatic heterocycles. The van der Waals surface area contributed by atoms with Crippen molar-refractivity contribution in [2.45, 2.75) is 31.2 Å². The molecular weight excluding hydrogens is 368 g/mol. The molecule has 142 valence electrons. The number of carbonyl (C=O) groups is 1. The molecule has 0 saturated carbocycles. The van der Waals surface area contributed by atoms with E-state index in [0.717, 1.165) is 5.69 Å². The summed E-state index contributed by atoms with van der Waals surface area (Å²) in [6.07, 6.45) is 1.47. The van der Waals surface area contributed by atoms with Crippen LogP contribution < -0.4 is 10.0 Å². The predicted molar refractivity (Wildman–Crippen MR) is 99.8 cm³/mol. The molecule has 0 fully saturated rings. The number of anilines is 1. The summed E-state index contributed by atoms with van der Waals surface area (Å²) >= 11 is 0. The fourth-order valence-corrected chi connectivity index (χ4v) is 3.39. The van der Waals surface area contributed by atoms with E-state index in [4.69, 9.17) is 4.42 Å². The minimum Gasteiger partial charge on any atom is -0.468 e. The molecule has 3 aromatic rings. The molecule has 0 aliphatic carbocycles. The van der Waals surface area contributed by atoms with E-state index in [2.05, 4.69) is 20.2 Å². The van der Waals surface area contributed by atoms with E-state index in [1.54, 1.807) is 30.3 Å². The smallest absolute Gasteiger partial charge is 0.276 e. The maximum Gasteiger partial charge on any atom is 0.276 e. The molecule has 0 aliphatic heterocycles. The molecule has 0 atom stereocenters. The first-order valence-electron chi connectivity index (χ1n) is 8.34. The quantitative estimate of drug-likeness (QED) is 0.575. The Morgan fingerprint density at radius 3 is 2.70 bits per heavy atom. The fourth-order valence-electron chi connectivity index (χ4n) is 2.35. The summed E-state index contributed by atoms with van der Waals surface area (Å²) in [7, 11) is -3.75. The average Bonchev–Trinajstić information content (AvgIpc) is 3.32. The summed E-state index contributed by atoms with van der Waals surface area (Å²) in [5, 5.41) is 9.46. The van der Waals surface area contributed by atoms with Gasteiger partial charge in [-0.25, -0.2) is 13.1 Å². The van der Waals surface area contributed by atoms with Crippen molar-refractivity contribution in [2.24, 2.45) is 0 Å². The van der Waals surface area contributed by atoms with Gasteiger partial charge in [-0.1, -0.05) is 19.9 Å². The number of nitrogens with one attached hydrogen (secondary N) is 3. The Bertz CT molecular complexity index is 1020. The molecule has 27 heavy (non-hydrogen) atoms. The zero-order chi connectivity index (χ0) is 19.4. The molecule has 0 unspecified atom stereocenters. The lowest BCUT2D eigenvalue weighted by Crippen LogP contribution is -2.23. The molecule has 0 saturated heterocycles. The van der Waals surface area contributed by atoms with Crippen LogP contribution >= 0.6 is 0 Å². The Kier molecular flexibility index (Phi) is 5.43. The van der Waals surface area contributed by atoms with Gasteiger partial charge in [-0.15, -0.1) is 0 Å². The standard InChI is InChI=1S/C18H20N4O4S/c1-12(2)16-10-17(22-21-16)18(23)20-13-5-3-7-15(9-13)27(24,25)19-11-14-6-4-8-26-14/h3-10,12,19H,11H2,1-2H3,(H,20,23)(H,21,22). The van der Waals surface area contributed by atoms with Gasteiger partial charge in [0, 0.05) is 11.4 Å². The number of hydrogen-bond acceptors (Lipinski definition) is 5. The molecule has 0 spiro atoms. The van der Waals surface area contributed by atoms with Gasteiger partial charge in [-0.05, 0) is 42.3 Å². The number of nitrogens with zero attached hydrogens (tertiary/aromatic N) is 1. The van der Waals surface area contributed by atoms with E-state index >= 15 is 0 Å². The number of furan rings is 1. The number of aromatic nitrogens is 2. The minimum absolute atomic E-state index is 0.0387. The van der Waals surface area contributed by atoms with Gasteiger partial charge in [0.25, 0.3) is 5.91 Å². The molecule has 3 rings (SSSR count). The van der Waals surface area contributed by atoms with Crippen molar-refractivity contribution >= 4 is 21.6 Å². The summed E-state index contributed by atoms with van der Waals surface area (Å²) < 4.78 is 32.4. The third kappa shape index (κ3) is 4.63. The predicted octanol–water partition coefficient (Wildman–Crippen LogP) is 2.86. The van der Waals surface area contributed by atoms with Crippen molar-refractivity contribution < 1.29 is 17.6 Å². The number of sulfonamides is 1. The highest BCUT2D eigenvalue weighted by atomic mass is 32.2. The first kappa shape index (κ1) is 18.9. The molecule has 2 heterocycles. The van der Waals surface area contributed by atoms with E-state index in [1.807, 2.05) is 13.8 Å². The van der Waals surface area contributed by atoms with Gasteiger partial charge in [-0.3, -0.25) is 9.89 Å². The summed E-state index contributed by atoms with van der Waals surface area (Å²) in [5.74, 6) is 0.298. The maximum absolute atomic E-state index is 12.4. The lowest BCUT2D eigenvalue weighted by atomic mass is 10.1. The number of aromatic amines is 1. The second kappa shape index (κ2) is 7.77. The van der Waals surface area contributed by atoms with Gasteiger partial charge in [0.15, 0.2) is 5.69 Å². The van der Waals surface area contributed by atoms with Crippen LogP contribution in [0.5, 0.6) is 0 Å². The number of benzene rings is 1. The van der Waals surface area contributed by atoms with Crippen LogP contribution in [0.1, 0.15) is 41.7 Å². The molecule has 9 heteroatoms. The van der Waals surface area contributed by atoms with E-state index in [-0.39, 0.29) is 23.1 Å². The summed E-state index contributed by atoms with van der Waals surface area (Å²) in [5.41, 5.74) is 1.44. The zero-order valence-corrected chi connectivity index (χ0v) is 15.7. The van der Waals surface area contributed by atoms with Gasteiger partial charge >= 0.3 is 0 Å². The van der Waals surface area contributed by atoms with E-state index in [0.29, 0.717) is 11.4 Å². The second-order valence-corrected chi connectivity index (χ2v) is 8.02. The van der Waals surface area contributed by atoms with E-state index < -0.39 is 15.9 Å². The first-order chi connectivity index (χ1) is 12.8. The maximum atomic E-state index is 12.4. The van der Waals surface area contributed by atoms with Gasteiger partial charge in [0.05, 0.1) is 17.7 Å². The zero-order valence-electron chi connectivity index (χ0n) is 14.9. The molecular formula is C18H20N4O4S. The van der Waals surface area contributed by atoms with Crippen LogP contribution in [0.4, 0.5) is 5.69 Å². The monoisotopic (exact) mass is 388 g/mol. The summed E-state index contributed by atoms with van der Waals surface area (Å²) in [6, 6.07) is 11.0. The third-order valence-corrected chi connectivity index (χ3v) is 5.27. The Morgan fingerprint density at radius 2 is 2.04 bits per heavy atom. The van der Waals surface area contributed by atoms with Crippen LogP contribution in [0.3, 0.4) is 0 Å². The second-order valence-electron chi connectivity index (χ2n) is 6.25. The Balaban J connectivity index is 1.71. The van der Waals surface area contributed by atoms with Crippen molar-refractivity contribution in [3.8, 4) is 0 Å². The molecule has 1 amide bonds. The van der Waals surface area contributed by atoms with Crippen LogP contribution in [0, 0.1) is 0 Å². The molecule has 3 N–H and O–H groups in total. The number of carbonyl (C=O) groups excluding carboxylic acids is 1.